The molecular formula is C9H10F6N2O2. The highest BCUT2D eigenvalue weighted by Gasteiger charge is 2.76. The minimum Gasteiger partial charge on any atom is -0.387 e. The predicted molar refractivity (Wildman–Crippen MR) is 52.2 cm³/mol. The summed E-state index contributed by atoms with van der Waals surface area (Å²) < 4.78 is 75.0. The highest BCUT2D eigenvalue weighted by atomic mass is 19.4. The number of aliphatic hydroxyl groups is 1. The molecule has 0 amide bonds. The number of nitrogens with zero attached hydrogens (tertiary/aromatic N) is 1. The van der Waals surface area contributed by atoms with Gasteiger partial charge in [-0.05, 0) is 0 Å². The van der Waals surface area contributed by atoms with E-state index in [0.29, 0.717) is 0 Å². The number of hydrogen-bond acceptors (Lipinski definition) is 4. The highest BCUT2D eigenvalue weighted by Crippen LogP contribution is 2.47. The van der Waals surface area contributed by atoms with Gasteiger partial charge in [0, 0.05) is 6.54 Å². The van der Waals surface area contributed by atoms with E-state index >= 15 is 0 Å². The van der Waals surface area contributed by atoms with Crippen LogP contribution in [0.5, 0.6) is 0 Å². The fourth-order valence-corrected chi connectivity index (χ4v) is 1.42. The monoisotopic (exact) mass is 292 g/mol. The molecule has 4 nitrogen and oxygen atoms in total. The van der Waals surface area contributed by atoms with Crippen molar-refractivity contribution >= 4 is 5.84 Å². The van der Waals surface area contributed by atoms with Crippen LogP contribution in [0.15, 0.2) is 17.8 Å². The molecule has 1 atom stereocenters. The molecule has 110 valence electrons. The van der Waals surface area contributed by atoms with Gasteiger partial charge in [-0.2, -0.15) is 26.3 Å². The van der Waals surface area contributed by atoms with Crippen molar-refractivity contribution in [3.8, 4) is 0 Å². The van der Waals surface area contributed by atoms with Gasteiger partial charge in [-0.15, -0.1) is 6.58 Å². The molecule has 0 aromatic rings. The third-order valence-corrected chi connectivity index (χ3v) is 2.45. The lowest BCUT2D eigenvalue weighted by Gasteiger charge is -2.34. The van der Waals surface area contributed by atoms with Gasteiger partial charge in [0.25, 0.3) is 5.60 Å². The Kier molecular flexibility index (Phi) is 4.03. The molecule has 2 N–H and O–H groups in total. The summed E-state index contributed by atoms with van der Waals surface area (Å²) in [5.41, 5.74) is -4.97. The van der Waals surface area contributed by atoms with E-state index in [4.69, 9.17) is 5.11 Å². The number of amidine groups is 1. The molecule has 0 aromatic carbocycles. The second-order valence-corrected chi connectivity index (χ2v) is 3.77. The van der Waals surface area contributed by atoms with Crippen molar-refractivity contribution < 1.29 is 36.3 Å². The normalized spacial score (nSPS) is 20.8. The minimum absolute atomic E-state index is 0.0887. The summed E-state index contributed by atoms with van der Waals surface area (Å²) >= 11 is 0. The first-order valence-electron chi connectivity index (χ1n) is 4.97. The van der Waals surface area contributed by atoms with Gasteiger partial charge in [-0.1, -0.05) is 11.2 Å². The summed E-state index contributed by atoms with van der Waals surface area (Å²) in [6.45, 7) is 3.39. The maximum Gasteiger partial charge on any atom is 0.430 e. The van der Waals surface area contributed by atoms with Crippen molar-refractivity contribution in [2.45, 2.75) is 30.5 Å². The largest absolute Gasteiger partial charge is 0.430 e. The summed E-state index contributed by atoms with van der Waals surface area (Å²) in [6.07, 6.45) is -14.0. The fraction of sp³-hybridized carbons (Fsp3) is 0.667. The number of halogens is 6. The van der Waals surface area contributed by atoms with Crippen LogP contribution >= 0.6 is 0 Å². The van der Waals surface area contributed by atoms with Gasteiger partial charge in [0.1, 0.15) is 5.84 Å². The maximum atomic E-state index is 12.5. The van der Waals surface area contributed by atoms with E-state index in [9.17, 15) is 26.3 Å². The molecule has 0 saturated heterocycles. The van der Waals surface area contributed by atoms with E-state index in [-0.39, 0.29) is 12.4 Å². The molecular weight excluding hydrogens is 282 g/mol. The van der Waals surface area contributed by atoms with Crippen LogP contribution in [0, 0.1) is 0 Å². The van der Waals surface area contributed by atoms with E-state index in [2.05, 4.69) is 21.9 Å². The van der Waals surface area contributed by atoms with Crippen LogP contribution in [0.4, 0.5) is 26.3 Å². The molecule has 0 saturated carbocycles. The van der Waals surface area contributed by atoms with Crippen LogP contribution < -0.4 is 5.32 Å². The van der Waals surface area contributed by atoms with E-state index < -0.39 is 30.5 Å². The van der Waals surface area contributed by atoms with Crippen molar-refractivity contribution in [2.75, 3.05) is 6.54 Å². The van der Waals surface area contributed by atoms with E-state index in [0.717, 1.165) is 0 Å². The Labute approximate surface area is 103 Å². The zero-order chi connectivity index (χ0) is 14.9. The quantitative estimate of drug-likeness (QED) is 0.615. The summed E-state index contributed by atoms with van der Waals surface area (Å²) in [4.78, 5) is 4.08. The Morgan fingerprint density at radius 1 is 1.32 bits per heavy atom. The number of rotatable bonds is 3. The first-order valence-corrected chi connectivity index (χ1v) is 4.97. The minimum atomic E-state index is -5.93. The van der Waals surface area contributed by atoms with E-state index in [1.807, 2.05) is 0 Å². The number of oxime groups is 1. The summed E-state index contributed by atoms with van der Waals surface area (Å²) in [5, 5.41) is 14.5. The first-order chi connectivity index (χ1) is 8.54. The molecule has 0 bridgehead atoms. The molecule has 0 aromatic heterocycles. The smallest absolute Gasteiger partial charge is 0.387 e. The van der Waals surface area contributed by atoms with Gasteiger partial charge >= 0.3 is 12.4 Å². The summed E-state index contributed by atoms with van der Waals surface area (Å²) in [6, 6.07) is 0. The predicted octanol–water partition coefficient (Wildman–Crippen LogP) is 1.72. The molecule has 0 fully saturated rings. The van der Waals surface area contributed by atoms with Crippen LogP contribution in [-0.4, -0.2) is 41.5 Å². The lowest BCUT2D eigenvalue weighted by molar-refractivity contribution is -0.392. The molecule has 0 spiro atoms. The van der Waals surface area contributed by atoms with Crippen molar-refractivity contribution in [3.05, 3.63) is 12.7 Å². The third kappa shape index (κ3) is 2.77. The van der Waals surface area contributed by atoms with Crippen LogP contribution in [0.2, 0.25) is 0 Å². The Balaban J connectivity index is 2.91. The zero-order valence-electron chi connectivity index (χ0n) is 9.35. The molecule has 19 heavy (non-hydrogen) atoms. The SMILES string of the molecule is C=CCNC1=NOC(C(O)(C(F)(F)F)C(F)(F)F)C1. The van der Waals surface area contributed by atoms with Gasteiger partial charge in [0.05, 0.1) is 6.42 Å². The number of nitrogens with one attached hydrogen (secondary N) is 1. The lowest BCUT2D eigenvalue weighted by Crippen LogP contribution is -2.64. The molecule has 1 heterocycles. The maximum absolute atomic E-state index is 12.5. The Morgan fingerprint density at radius 2 is 1.84 bits per heavy atom. The second-order valence-electron chi connectivity index (χ2n) is 3.77. The topological polar surface area (TPSA) is 53.9 Å². The van der Waals surface area contributed by atoms with Gasteiger partial charge in [-0.3, -0.25) is 0 Å². The fourth-order valence-electron chi connectivity index (χ4n) is 1.42. The summed E-state index contributed by atoms with van der Waals surface area (Å²) in [7, 11) is 0. The highest BCUT2D eigenvalue weighted by molar-refractivity contribution is 5.83. The van der Waals surface area contributed by atoms with Crippen LogP contribution in [0.1, 0.15) is 6.42 Å². The van der Waals surface area contributed by atoms with Crippen molar-refractivity contribution in [3.63, 3.8) is 0 Å². The first kappa shape index (κ1) is 15.6. The van der Waals surface area contributed by atoms with Crippen molar-refractivity contribution in [1.82, 2.24) is 5.32 Å². The summed E-state index contributed by atoms with van der Waals surface area (Å²) in [5.74, 6) is -0.225. The molecule has 0 radical (unpaired) electrons. The van der Waals surface area contributed by atoms with Crippen molar-refractivity contribution in [2.24, 2.45) is 5.16 Å². The molecule has 0 aliphatic carbocycles. The van der Waals surface area contributed by atoms with Crippen LogP contribution in [0.3, 0.4) is 0 Å². The Morgan fingerprint density at radius 3 is 2.26 bits per heavy atom. The van der Waals surface area contributed by atoms with Gasteiger partial charge < -0.3 is 15.3 Å². The molecule has 10 heteroatoms. The van der Waals surface area contributed by atoms with Gasteiger partial charge in [0.15, 0.2) is 6.10 Å². The molecule has 1 aliphatic rings. The molecule has 1 rings (SSSR count). The molecule has 1 aliphatic heterocycles. The number of alkyl halides is 6. The van der Waals surface area contributed by atoms with E-state index in [1.165, 1.54) is 6.08 Å². The zero-order valence-corrected chi connectivity index (χ0v) is 9.35. The lowest BCUT2D eigenvalue weighted by atomic mass is 9.92. The van der Waals surface area contributed by atoms with Gasteiger partial charge in [0.2, 0.25) is 0 Å². The average Bonchev–Trinajstić information content (AvgIpc) is 2.70. The molecule has 1 unspecified atom stereocenters. The number of hydrogen-bond donors (Lipinski definition) is 2. The Hall–Kier alpha value is -1.45. The standard InChI is InChI=1S/C9H10F6N2O2/c1-2-3-16-6-4-5(19-17-6)7(18,8(10,11)12)9(13,14)15/h2,5,18H,1,3-4H2,(H,16,17). The Bertz CT molecular complexity index is 362. The van der Waals surface area contributed by atoms with Crippen molar-refractivity contribution in [1.29, 1.82) is 0 Å². The van der Waals surface area contributed by atoms with E-state index in [1.54, 1.807) is 0 Å². The third-order valence-electron chi connectivity index (χ3n) is 2.45. The second kappa shape index (κ2) is 4.91. The average molecular weight is 292 g/mol. The van der Waals surface area contributed by atoms with Crippen LogP contribution in [0.25, 0.3) is 0 Å². The van der Waals surface area contributed by atoms with Crippen LogP contribution in [-0.2, 0) is 4.84 Å². The van der Waals surface area contributed by atoms with Gasteiger partial charge in [-0.25, -0.2) is 0 Å².